The van der Waals surface area contributed by atoms with Gasteiger partial charge in [0.15, 0.2) is 0 Å². The van der Waals surface area contributed by atoms with Crippen LogP contribution >= 0.6 is 11.6 Å². The first-order chi connectivity index (χ1) is 12.1. The van der Waals surface area contributed by atoms with Crippen LogP contribution < -0.4 is 10.5 Å². The van der Waals surface area contributed by atoms with Gasteiger partial charge in [-0.05, 0) is 36.2 Å². The van der Waals surface area contributed by atoms with Gasteiger partial charge in [-0.15, -0.1) is 0 Å². The minimum atomic E-state index is -0.0848. The van der Waals surface area contributed by atoms with Crippen LogP contribution in [0.15, 0.2) is 47.4 Å². The number of hydrogen-bond acceptors (Lipinski definition) is 4. The monoisotopic (exact) mass is 355 g/mol. The molecule has 5 nitrogen and oxygen atoms in total. The Morgan fingerprint density at radius 1 is 1.16 bits per heavy atom. The SMILES string of the molecule is Cc1cc(-c2cccc(Cl)c2)c2nc(N3CCOCC3)cc(=O)n2c1. The Hall–Kier alpha value is -2.37. The lowest BCUT2D eigenvalue weighted by Gasteiger charge is -2.28. The maximum atomic E-state index is 12.7. The van der Waals surface area contributed by atoms with Crippen LogP contribution in [-0.2, 0) is 4.74 Å². The molecule has 2 aromatic heterocycles. The number of halogens is 1. The third-order valence-corrected chi connectivity index (χ3v) is 4.59. The normalized spacial score (nSPS) is 14.9. The van der Waals surface area contributed by atoms with Crippen LogP contribution in [0.1, 0.15) is 5.56 Å². The van der Waals surface area contributed by atoms with Crippen molar-refractivity contribution in [1.82, 2.24) is 9.38 Å². The number of nitrogens with zero attached hydrogens (tertiary/aromatic N) is 3. The number of aromatic nitrogens is 2. The molecular formula is C19H18ClN3O2. The molecule has 0 N–H and O–H groups in total. The average molecular weight is 356 g/mol. The molecule has 0 aliphatic carbocycles. The van der Waals surface area contributed by atoms with E-state index >= 15 is 0 Å². The van der Waals surface area contributed by atoms with Crippen LogP contribution in [0.2, 0.25) is 5.02 Å². The predicted octanol–water partition coefficient (Wildman–Crippen LogP) is 3.16. The summed E-state index contributed by atoms with van der Waals surface area (Å²) in [6.07, 6.45) is 1.82. The van der Waals surface area contributed by atoms with Gasteiger partial charge in [-0.2, -0.15) is 0 Å². The van der Waals surface area contributed by atoms with Crippen molar-refractivity contribution < 1.29 is 4.74 Å². The maximum absolute atomic E-state index is 12.7. The summed E-state index contributed by atoms with van der Waals surface area (Å²) < 4.78 is 7.00. The van der Waals surface area contributed by atoms with E-state index in [2.05, 4.69) is 4.90 Å². The predicted molar refractivity (Wildman–Crippen MR) is 99.7 cm³/mol. The van der Waals surface area contributed by atoms with Crippen molar-refractivity contribution in [3.63, 3.8) is 0 Å². The fourth-order valence-electron chi connectivity index (χ4n) is 3.15. The maximum Gasteiger partial charge on any atom is 0.259 e. The highest BCUT2D eigenvalue weighted by atomic mass is 35.5. The molecule has 1 aliphatic rings. The number of rotatable bonds is 2. The van der Waals surface area contributed by atoms with Gasteiger partial charge in [-0.1, -0.05) is 23.7 Å². The molecule has 3 heterocycles. The van der Waals surface area contributed by atoms with Gasteiger partial charge in [-0.3, -0.25) is 9.20 Å². The number of hydrogen-bond donors (Lipinski definition) is 0. The number of ether oxygens (including phenoxy) is 1. The fraction of sp³-hybridized carbons (Fsp3) is 0.263. The van der Waals surface area contributed by atoms with Crippen LogP contribution in [0.3, 0.4) is 0 Å². The molecule has 1 aliphatic heterocycles. The summed E-state index contributed by atoms with van der Waals surface area (Å²) in [4.78, 5) is 19.6. The largest absolute Gasteiger partial charge is 0.378 e. The molecule has 0 saturated carbocycles. The Balaban J connectivity index is 1.95. The Kier molecular flexibility index (Phi) is 4.19. The zero-order valence-electron chi connectivity index (χ0n) is 13.9. The van der Waals surface area contributed by atoms with Gasteiger partial charge >= 0.3 is 0 Å². The van der Waals surface area contributed by atoms with E-state index in [1.807, 2.05) is 43.5 Å². The molecule has 4 rings (SSSR count). The number of benzene rings is 1. The molecule has 0 spiro atoms. The smallest absolute Gasteiger partial charge is 0.259 e. The number of anilines is 1. The Morgan fingerprint density at radius 3 is 2.72 bits per heavy atom. The molecule has 6 heteroatoms. The van der Waals surface area contributed by atoms with Crippen molar-refractivity contribution in [3.8, 4) is 11.1 Å². The van der Waals surface area contributed by atoms with Crippen LogP contribution in [-0.4, -0.2) is 35.7 Å². The highest BCUT2D eigenvalue weighted by Gasteiger charge is 2.16. The van der Waals surface area contributed by atoms with Crippen molar-refractivity contribution in [3.05, 3.63) is 63.5 Å². The van der Waals surface area contributed by atoms with Gasteiger partial charge in [0.2, 0.25) is 0 Å². The quantitative estimate of drug-likeness (QED) is 0.708. The minimum Gasteiger partial charge on any atom is -0.378 e. The van der Waals surface area contributed by atoms with Gasteiger partial charge in [0.25, 0.3) is 5.56 Å². The lowest BCUT2D eigenvalue weighted by molar-refractivity contribution is 0.122. The highest BCUT2D eigenvalue weighted by molar-refractivity contribution is 6.30. The molecule has 1 saturated heterocycles. The van der Waals surface area contributed by atoms with E-state index in [1.165, 1.54) is 0 Å². The van der Waals surface area contributed by atoms with Crippen molar-refractivity contribution in [2.45, 2.75) is 6.92 Å². The van der Waals surface area contributed by atoms with Gasteiger partial charge in [0, 0.05) is 35.9 Å². The molecular weight excluding hydrogens is 338 g/mol. The molecule has 25 heavy (non-hydrogen) atoms. The second kappa shape index (κ2) is 6.50. The topological polar surface area (TPSA) is 46.8 Å². The second-order valence-electron chi connectivity index (χ2n) is 6.19. The average Bonchev–Trinajstić information content (AvgIpc) is 2.62. The van der Waals surface area contributed by atoms with E-state index in [0.717, 1.165) is 29.8 Å². The number of fused-ring (bicyclic) bond motifs is 1. The lowest BCUT2D eigenvalue weighted by Crippen LogP contribution is -2.37. The van der Waals surface area contributed by atoms with Crippen molar-refractivity contribution in [2.75, 3.05) is 31.2 Å². The van der Waals surface area contributed by atoms with Crippen LogP contribution in [0.4, 0.5) is 5.82 Å². The van der Waals surface area contributed by atoms with E-state index in [0.29, 0.717) is 29.7 Å². The fourth-order valence-corrected chi connectivity index (χ4v) is 3.34. The molecule has 0 bridgehead atoms. The summed E-state index contributed by atoms with van der Waals surface area (Å²) in [6, 6.07) is 11.2. The van der Waals surface area contributed by atoms with Gasteiger partial charge < -0.3 is 9.64 Å². The highest BCUT2D eigenvalue weighted by Crippen LogP contribution is 2.27. The standard InChI is InChI=1S/C19H18ClN3O2/c1-13-9-16(14-3-2-4-15(20)10-14)19-21-17(11-18(24)23(19)12-13)22-5-7-25-8-6-22/h2-4,9-12H,5-8H2,1H3. The number of aryl methyl sites for hydroxylation is 1. The van der Waals surface area contributed by atoms with Crippen LogP contribution in [0.5, 0.6) is 0 Å². The molecule has 1 fully saturated rings. The Labute approximate surface area is 150 Å². The third kappa shape index (κ3) is 3.13. The van der Waals surface area contributed by atoms with E-state index in [1.54, 1.807) is 10.5 Å². The summed E-state index contributed by atoms with van der Waals surface area (Å²) in [6.45, 7) is 4.74. The summed E-state index contributed by atoms with van der Waals surface area (Å²) >= 11 is 6.16. The zero-order chi connectivity index (χ0) is 17.4. The first-order valence-electron chi connectivity index (χ1n) is 8.24. The summed E-state index contributed by atoms with van der Waals surface area (Å²) in [7, 11) is 0. The molecule has 1 aromatic carbocycles. The molecule has 0 radical (unpaired) electrons. The first kappa shape index (κ1) is 16.1. The minimum absolute atomic E-state index is 0.0848. The van der Waals surface area contributed by atoms with Crippen molar-refractivity contribution in [2.24, 2.45) is 0 Å². The van der Waals surface area contributed by atoms with Crippen LogP contribution in [0.25, 0.3) is 16.8 Å². The zero-order valence-corrected chi connectivity index (χ0v) is 14.7. The van der Waals surface area contributed by atoms with Gasteiger partial charge in [-0.25, -0.2) is 4.98 Å². The van der Waals surface area contributed by atoms with E-state index in [9.17, 15) is 4.79 Å². The molecule has 0 amide bonds. The molecule has 0 atom stereocenters. The van der Waals surface area contributed by atoms with E-state index in [-0.39, 0.29) is 5.56 Å². The molecule has 128 valence electrons. The Bertz CT molecular complexity index is 994. The number of morpholine rings is 1. The van der Waals surface area contributed by atoms with Crippen molar-refractivity contribution in [1.29, 1.82) is 0 Å². The Morgan fingerprint density at radius 2 is 1.96 bits per heavy atom. The number of pyridine rings is 1. The van der Waals surface area contributed by atoms with E-state index < -0.39 is 0 Å². The summed E-state index contributed by atoms with van der Waals surface area (Å²) in [5.74, 6) is 0.695. The van der Waals surface area contributed by atoms with Gasteiger partial charge in [0.05, 0.1) is 13.2 Å². The van der Waals surface area contributed by atoms with E-state index in [4.69, 9.17) is 21.3 Å². The first-order valence-corrected chi connectivity index (χ1v) is 8.62. The summed E-state index contributed by atoms with van der Waals surface area (Å²) in [5.41, 5.74) is 3.39. The third-order valence-electron chi connectivity index (χ3n) is 4.35. The van der Waals surface area contributed by atoms with Gasteiger partial charge in [0.1, 0.15) is 11.5 Å². The molecule has 0 unspecified atom stereocenters. The summed E-state index contributed by atoms with van der Waals surface area (Å²) in [5, 5.41) is 0.656. The molecule has 3 aromatic rings. The van der Waals surface area contributed by atoms with Crippen LogP contribution in [0, 0.1) is 6.92 Å². The van der Waals surface area contributed by atoms with Crippen molar-refractivity contribution >= 4 is 23.1 Å². The lowest BCUT2D eigenvalue weighted by atomic mass is 10.1. The second-order valence-corrected chi connectivity index (χ2v) is 6.62.